The SMILES string of the molecule is CCCCCC(CC(=O)O)c1nc2cc(CN3CCN(C(c4ccccc4)c4ccccc4)CC3)ccc2[nH]1. The number of H-pyrrole nitrogens is 1. The van der Waals surface area contributed by atoms with Crippen molar-refractivity contribution in [3.63, 3.8) is 0 Å². The summed E-state index contributed by atoms with van der Waals surface area (Å²) < 4.78 is 0. The lowest BCUT2D eigenvalue weighted by molar-refractivity contribution is -0.137. The van der Waals surface area contributed by atoms with Crippen LogP contribution in [0.3, 0.4) is 0 Å². The van der Waals surface area contributed by atoms with E-state index in [0.29, 0.717) is 0 Å². The molecular formula is C33H40N4O2. The second-order valence-electron chi connectivity index (χ2n) is 10.8. The molecule has 0 radical (unpaired) electrons. The lowest BCUT2D eigenvalue weighted by Crippen LogP contribution is -2.47. The molecule has 1 fully saturated rings. The molecule has 0 aliphatic carbocycles. The first-order valence-corrected chi connectivity index (χ1v) is 14.4. The molecule has 4 aromatic rings. The third-order valence-corrected chi connectivity index (χ3v) is 7.94. The molecule has 204 valence electrons. The number of rotatable bonds is 12. The molecule has 0 spiro atoms. The van der Waals surface area contributed by atoms with E-state index in [-0.39, 0.29) is 18.4 Å². The zero-order chi connectivity index (χ0) is 27.0. The molecular weight excluding hydrogens is 484 g/mol. The van der Waals surface area contributed by atoms with E-state index in [1.54, 1.807) is 0 Å². The maximum Gasteiger partial charge on any atom is 0.304 e. The number of aromatic nitrogens is 2. The van der Waals surface area contributed by atoms with Crippen LogP contribution < -0.4 is 0 Å². The van der Waals surface area contributed by atoms with Crippen LogP contribution in [0.5, 0.6) is 0 Å². The molecule has 1 aliphatic rings. The number of hydrogen-bond donors (Lipinski definition) is 2. The van der Waals surface area contributed by atoms with Crippen molar-refractivity contribution in [2.75, 3.05) is 26.2 Å². The zero-order valence-electron chi connectivity index (χ0n) is 22.9. The lowest BCUT2D eigenvalue weighted by atomic mass is 9.96. The van der Waals surface area contributed by atoms with Gasteiger partial charge in [0, 0.05) is 38.6 Å². The summed E-state index contributed by atoms with van der Waals surface area (Å²) in [6.45, 7) is 7.11. The van der Waals surface area contributed by atoms with E-state index in [0.717, 1.165) is 75.3 Å². The van der Waals surface area contributed by atoms with E-state index < -0.39 is 5.97 Å². The molecule has 6 nitrogen and oxygen atoms in total. The van der Waals surface area contributed by atoms with Gasteiger partial charge in [-0.2, -0.15) is 0 Å². The highest BCUT2D eigenvalue weighted by Crippen LogP contribution is 2.30. The minimum Gasteiger partial charge on any atom is -0.481 e. The second-order valence-corrected chi connectivity index (χ2v) is 10.8. The van der Waals surface area contributed by atoms with Gasteiger partial charge < -0.3 is 10.1 Å². The number of imidazole rings is 1. The van der Waals surface area contributed by atoms with Crippen molar-refractivity contribution in [3.8, 4) is 0 Å². The first-order valence-electron chi connectivity index (χ1n) is 14.4. The fraction of sp³-hybridized carbons (Fsp3) is 0.394. The van der Waals surface area contributed by atoms with Gasteiger partial charge >= 0.3 is 5.97 Å². The molecule has 5 rings (SSSR count). The summed E-state index contributed by atoms with van der Waals surface area (Å²) in [5.74, 6) is -0.0270. The average Bonchev–Trinajstić information content (AvgIpc) is 3.38. The third kappa shape index (κ3) is 6.94. The Morgan fingerprint density at radius 1 is 0.923 bits per heavy atom. The Labute approximate surface area is 231 Å². The van der Waals surface area contributed by atoms with E-state index in [9.17, 15) is 9.90 Å². The second kappa shape index (κ2) is 13.0. The van der Waals surface area contributed by atoms with Gasteiger partial charge in [0.2, 0.25) is 0 Å². The van der Waals surface area contributed by atoms with Gasteiger partial charge in [0.15, 0.2) is 0 Å². The van der Waals surface area contributed by atoms with Gasteiger partial charge in [0.25, 0.3) is 0 Å². The molecule has 2 N–H and O–H groups in total. The zero-order valence-corrected chi connectivity index (χ0v) is 22.9. The summed E-state index contributed by atoms with van der Waals surface area (Å²) in [4.78, 5) is 24.9. The molecule has 0 bridgehead atoms. The number of benzene rings is 3. The van der Waals surface area contributed by atoms with Crippen LogP contribution in [0.25, 0.3) is 11.0 Å². The summed E-state index contributed by atoms with van der Waals surface area (Å²) in [7, 11) is 0. The third-order valence-electron chi connectivity index (χ3n) is 7.94. The Hall–Kier alpha value is -3.48. The molecule has 1 unspecified atom stereocenters. The monoisotopic (exact) mass is 524 g/mol. The van der Waals surface area contributed by atoms with E-state index >= 15 is 0 Å². The first kappa shape index (κ1) is 27.1. The maximum atomic E-state index is 11.5. The maximum absolute atomic E-state index is 11.5. The molecule has 1 atom stereocenters. The van der Waals surface area contributed by atoms with E-state index in [2.05, 4.69) is 101 Å². The quantitative estimate of drug-likeness (QED) is 0.204. The smallest absolute Gasteiger partial charge is 0.304 e. The predicted molar refractivity (Wildman–Crippen MR) is 157 cm³/mol. The van der Waals surface area contributed by atoms with E-state index in [1.165, 1.54) is 16.7 Å². The molecule has 39 heavy (non-hydrogen) atoms. The van der Waals surface area contributed by atoms with Gasteiger partial charge in [-0.3, -0.25) is 14.6 Å². The molecule has 0 amide bonds. The lowest BCUT2D eigenvalue weighted by Gasteiger charge is -2.39. The number of unbranched alkanes of at least 4 members (excludes halogenated alkanes) is 2. The first-order chi connectivity index (χ1) is 19.1. The topological polar surface area (TPSA) is 72.5 Å². The van der Waals surface area contributed by atoms with E-state index in [1.807, 2.05) is 0 Å². The van der Waals surface area contributed by atoms with Crippen LogP contribution in [-0.2, 0) is 11.3 Å². The number of nitrogens with one attached hydrogen (secondary N) is 1. The van der Waals surface area contributed by atoms with Crippen LogP contribution in [0.2, 0.25) is 0 Å². The summed E-state index contributed by atoms with van der Waals surface area (Å²) in [5.41, 5.74) is 5.84. The fourth-order valence-corrected chi connectivity index (χ4v) is 5.87. The Kier molecular flexibility index (Phi) is 9.07. The van der Waals surface area contributed by atoms with Crippen molar-refractivity contribution in [1.82, 2.24) is 19.8 Å². The Bertz CT molecular complexity index is 1290. The van der Waals surface area contributed by atoms with Crippen molar-refractivity contribution in [2.45, 2.75) is 57.5 Å². The molecule has 6 heteroatoms. The minimum absolute atomic E-state index is 0.0693. The number of nitrogens with zero attached hydrogens (tertiary/aromatic N) is 3. The summed E-state index contributed by atoms with van der Waals surface area (Å²) in [6.07, 6.45) is 4.23. The number of carboxylic acids is 1. The Morgan fingerprint density at radius 3 is 2.21 bits per heavy atom. The van der Waals surface area contributed by atoms with E-state index in [4.69, 9.17) is 4.98 Å². The van der Waals surface area contributed by atoms with Crippen LogP contribution in [0.1, 0.15) is 73.5 Å². The number of aliphatic carboxylic acids is 1. The van der Waals surface area contributed by atoms with Gasteiger partial charge in [-0.05, 0) is 35.2 Å². The predicted octanol–water partition coefficient (Wildman–Crippen LogP) is 6.61. The van der Waals surface area contributed by atoms with Gasteiger partial charge in [-0.25, -0.2) is 4.98 Å². The largest absolute Gasteiger partial charge is 0.481 e. The molecule has 2 heterocycles. The molecule has 1 aliphatic heterocycles. The number of fused-ring (bicyclic) bond motifs is 1. The average molecular weight is 525 g/mol. The number of carboxylic acid groups (broad SMARTS) is 1. The van der Waals surface area contributed by atoms with Gasteiger partial charge in [0.05, 0.1) is 23.5 Å². The number of piperazine rings is 1. The van der Waals surface area contributed by atoms with Crippen molar-refractivity contribution in [2.24, 2.45) is 0 Å². The van der Waals surface area contributed by atoms with Crippen LogP contribution in [0.4, 0.5) is 0 Å². The van der Waals surface area contributed by atoms with Crippen LogP contribution in [0.15, 0.2) is 78.9 Å². The van der Waals surface area contributed by atoms with Gasteiger partial charge in [-0.15, -0.1) is 0 Å². The highest BCUT2D eigenvalue weighted by molar-refractivity contribution is 5.76. The normalized spacial score (nSPS) is 15.6. The molecule has 1 saturated heterocycles. The van der Waals surface area contributed by atoms with Crippen molar-refractivity contribution < 1.29 is 9.90 Å². The highest BCUT2D eigenvalue weighted by Gasteiger charge is 2.26. The van der Waals surface area contributed by atoms with Crippen LogP contribution >= 0.6 is 0 Å². The molecule has 1 aromatic heterocycles. The summed E-state index contributed by atoms with van der Waals surface area (Å²) >= 11 is 0. The number of carbonyl (C=O) groups is 1. The van der Waals surface area contributed by atoms with Gasteiger partial charge in [0.1, 0.15) is 5.82 Å². The Balaban J connectivity index is 1.24. The Morgan fingerprint density at radius 2 is 1.59 bits per heavy atom. The van der Waals surface area contributed by atoms with Crippen LogP contribution in [-0.4, -0.2) is 57.0 Å². The molecule has 0 saturated carbocycles. The highest BCUT2D eigenvalue weighted by atomic mass is 16.4. The summed E-state index contributed by atoms with van der Waals surface area (Å²) in [5, 5.41) is 9.43. The van der Waals surface area contributed by atoms with Gasteiger partial charge in [-0.1, -0.05) is 92.9 Å². The van der Waals surface area contributed by atoms with Crippen molar-refractivity contribution in [1.29, 1.82) is 0 Å². The standard InChI is InChI=1S/C33H40N4O2/c1-2-3-6-15-28(23-31(38)39)33-34-29-17-16-25(22-30(29)35-33)24-36-18-20-37(21-19-36)32(26-11-7-4-8-12-26)27-13-9-5-10-14-27/h4-5,7-14,16-17,22,28,32H,2-3,6,15,18-21,23-24H2,1H3,(H,34,35)(H,38,39). The number of hydrogen-bond acceptors (Lipinski definition) is 4. The fourth-order valence-electron chi connectivity index (χ4n) is 5.87. The van der Waals surface area contributed by atoms with Crippen molar-refractivity contribution in [3.05, 3.63) is 101 Å². The minimum atomic E-state index is -0.765. The van der Waals surface area contributed by atoms with Crippen LogP contribution in [0, 0.1) is 0 Å². The summed E-state index contributed by atoms with van der Waals surface area (Å²) in [6, 6.07) is 28.4. The van der Waals surface area contributed by atoms with Crippen molar-refractivity contribution >= 4 is 17.0 Å². The molecule has 3 aromatic carbocycles. The number of aromatic amines is 1.